The van der Waals surface area contributed by atoms with Crippen molar-refractivity contribution in [2.75, 3.05) is 0 Å². The molecule has 1 aromatic heterocycles. The SMILES string of the molecule is C[C@H](N[S@+]([O-])C(C)(C)C)c1ccc(Oc2cccnc2)cc1. The molecule has 1 aromatic carbocycles. The Morgan fingerprint density at radius 3 is 2.36 bits per heavy atom. The van der Waals surface area contributed by atoms with Gasteiger partial charge >= 0.3 is 0 Å². The number of hydrogen-bond acceptors (Lipinski definition) is 4. The van der Waals surface area contributed by atoms with Crippen LogP contribution in [-0.2, 0) is 11.4 Å². The first-order valence-corrected chi connectivity index (χ1v) is 8.37. The van der Waals surface area contributed by atoms with Gasteiger partial charge in [-0.1, -0.05) is 12.1 Å². The van der Waals surface area contributed by atoms with Crippen molar-refractivity contribution in [3.8, 4) is 11.5 Å². The van der Waals surface area contributed by atoms with Crippen molar-refractivity contribution in [3.63, 3.8) is 0 Å². The van der Waals surface area contributed by atoms with Gasteiger partial charge in [0.15, 0.2) is 0 Å². The standard InChI is InChI=1S/C17H22N2O2S/c1-13(19-22(20)17(2,3)4)14-7-9-15(10-8-14)21-16-6-5-11-18-12-16/h5-13,19H,1-4H3/t13-,22+/m0/s1. The molecule has 0 unspecified atom stereocenters. The van der Waals surface area contributed by atoms with Gasteiger partial charge in [-0.25, -0.2) is 0 Å². The quantitative estimate of drug-likeness (QED) is 0.847. The van der Waals surface area contributed by atoms with E-state index in [0.717, 1.165) is 11.3 Å². The summed E-state index contributed by atoms with van der Waals surface area (Å²) in [5, 5.41) is 0. The number of nitrogens with zero attached hydrogens (tertiary/aromatic N) is 1. The zero-order valence-corrected chi connectivity index (χ0v) is 14.2. The molecule has 2 aromatic rings. The third kappa shape index (κ3) is 4.73. The first-order chi connectivity index (χ1) is 10.4. The highest BCUT2D eigenvalue weighted by Gasteiger charge is 2.28. The van der Waals surface area contributed by atoms with Gasteiger partial charge < -0.3 is 9.29 Å². The summed E-state index contributed by atoms with van der Waals surface area (Å²) in [5.41, 5.74) is 1.07. The molecule has 4 nitrogen and oxygen atoms in total. The minimum Gasteiger partial charge on any atom is -0.598 e. The molecule has 1 N–H and O–H groups in total. The Morgan fingerprint density at radius 1 is 1.14 bits per heavy atom. The minimum atomic E-state index is -1.09. The van der Waals surface area contributed by atoms with Crippen molar-refractivity contribution in [3.05, 3.63) is 54.4 Å². The fraction of sp³-hybridized carbons (Fsp3) is 0.353. The summed E-state index contributed by atoms with van der Waals surface area (Å²) in [4.78, 5) is 4.01. The van der Waals surface area contributed by atoms with E-state index in [0.29, 0.717) is 5.75 Å². The van der Waals surface area contributed by atoms with Crippen LogP contribution in [0.1, 0.15) is 39.3 Å². The molecule has 0 saturated heterocycles. The first-order valence-electron chi connectivity index (χ1n) is 7.22. The molecular formula is C17H22N2O2S. The average molecular weight is 318 g/mol. The first kappa shape index (κ1) is 16.8. The molecule has 0 radical (unpaired) electrons. The lowest BCUT2D eigenvalue weighted by Crippen LogP contribution is -2.40. The molecule has 0 bridgehead atoms. The van der Waals surface area contributed by atoms with E-state index >= 15 is 0 Å². The highest BCUT2D eigenvalue weighted by molar-refractivity contribution is 7.90. The van der Waals surface area contributed by atoms with Gasteiger partial charge in [0.1, 0.15) is 16.2 Å². The molecule has 1 heterocycles. The van der Waals surface area contributed by atoms with Gasteiger partial charge in [0.2, 0.25) is 0 Å². The maximum absolute atomic E-state index is 12.1. The zero-order valence-electron chi connectivity index (χ0n) is 13.4. The van der Waals surface area contributed by atoms with Crippen molar-refractivity contribution in [2.45, 2.75) is 38.5 Å². The molecule has 0 aliphatic carbocycles. The average Bonchev–Trinajstić information content (AvgIpc) is 2.48. The summed E-state index contributed by atoms with van der Waals surface area (Å²) in [7, 11) is 0. The highest BCUT2D eigenvalue weighted by Crippen LogP contribution is 2.24. The third-order valence-corrected chi connectivity index (χ3v) is 4.77. The van der Waals surface area contributed by atoms with Crippen LogP contribution in [-0.4, -0.2) is 14.3 Å². The van der Waals surface area contributed by atoms with Crippen molar-refractivity contribution in [1.82, 2.24) is 9.71 Å². The van der Waals surface area contributed by atoms with E-state index in [1.807, 2.05) is 64.1 Å². The number of ether oxygens (including phenoxy) is 1. The molecule has 2 atom stereocenters. The number of aromatic nitrogens is 1. The van der Waals surface area contributed by atoms with E-state index in [-0.39, 0.29) is 10.8 Å². The maximum Gasteiger partial charge on any atom is 0.145 e. The number of nitrogens with one attached hydrogen (secondary N) is 1. The van der Waals surface area contributed by atoms with Crippen LogP contribution in [0.25, 0.3) is 0 Å². The van der Waals surface area contributed by atoms with Gasteiger partial charge in [-0.15, -0.1) is 4.72 Å². The Kier molecular flexibility index (Phi) is 5.45. The number of benzene rings is 1. The van der Waals surface area contributed by atoms with Gasteiger partial charge in [0.05, 0.1) is 12.2 Å². The highest BCUT2D eigenvalue weighted by atomic mass is 32.2. The fourth-order valence-electron chi connectivity index (χ4n) is 1.77. The van der Waals surface area contributed by atoms with Gasteiger partial charge in [-0.2, -0.15) is 0 Å². The van der Waals surface area contributed by atoms with Crippen LogP contribution in [0.15, 0.2) is 48.8 Å². The fourth-order valence-corrected chi connectivity index (χ4v) is 2.58. The molecule has 0 aliphatic rings. The maximum atomic E-state index is 12.1. The Morgan fingerprint density at radius 2 is 1.82 bits per heavy atom. The summed E-state index contributed by atoms with van der Waals surface area (Å²) in [6.07, 6.45) is 3.38. The van der Waals surface area contributed by atoms with E-state index in [1.54, 1.807) is 12.4 Å². The molecule has 5 heteroatoms. The normalized spacial score (nSPS) is 14.4. The van der Waals surface area contributed by atoms with Crippen LogP contribution in [0.3, 0.4) is 0 Å². The topological polar surface area (TPSA) is 57.2 Å². The summed E-state index contributed by atoms with van der Waals surface area (Å²) >= 11 is -1.09. The third-order valence-electron chi connectivity index (χ3n) is 3.09. The second-order valence-corrected chi connectivity index (χ2v) is 8.08. The predicted octanol–water partition coefficient (Wildman–Crippen LogP) is 3.99. The summed E-state index contributed by atoms with van der Waals surface area (Å²) in [5.74, 6) is 1.45. The van der Waals surface area contributed by atoms with Gasteiger partial charge in [0.25, 0.3) is 0 Å². The zero-order chi connectivity index (χ0) is 16.2. The predicted molar refractivity (Wildman–Crippen MR) is 90.2 cm³/mol. The summed E-state index contributed by atoms with van der Waals surface area (Å²) in [6, 6.07) is 11.5. The molecule has 22 heavy (non-hydrogen) atoms. The van der Waals surface area contributed by atoms with E-state index in [9.17, 15) is 4.55 Å². The van der Waals surface area contributed by atoms with Crippen molar-refractivity contribution in [2.24, 2.45) is 0 Å². The molecule has 0 fully saturated rings. The second kappa shape index (κ2) is 7.13. The van der Waals surface area contributed by atoms with E-state index in [4.69, 9.17) is 4.74 Å². The van der Waals surface area contributed by atoms with Crippen LogP contribution in [0.4, 0.5) is 0 Å². The smallest absolute Gasteiger partial charge is 0.145 e. The van der Waals surface area contributed by atoms with Gasteiger partial charge in [0, 0.05) is 17.6 Å². The summed E-state index contributed by atoms with van der Waals surface area (Å²) in [6.45, 7) is 7.86. The van der Waals surface area contributed by atoms with Crippen molar-refractivity contribution in [1.29, 1.82) is 0 Å². The van der Waals surface area contributed by atoms with Crippen LogP contribution in [0.2, 0.25) is 0 Å². The van der Waals surface area contributed by atoms with E-state index in [1.165, 1.54) is 0 Å². The van der Waals surface area contributed by atoms with Crippen LogP contribution < -0.4 is 9.46 Å². The molecule has 118 valence electrons. The molecule has 0 spiro atoms. The minimum absolute atomic E-state index is 0.00694. The Bertz CT molecular complexity index is 582. The lowest BCUT2D eigenvalue weighted by atomic mass is 10.1. The van der Waals surface area contributed by atoms with Crippen LogP contribution >= 0.6 is 0 Å². The van der Waals surface area contributed by atoms with E-state index < -0.39 is 11.4 Å². The number of hydrogen-bond donors (Lipinski definition) is 1. The van der Waals surface area contributed by atoms with Crippen molar-refractivity contribution >= 4 is 11.4 Å². The van der Waals surface area contributed by atoms with Gasteiger partial charge in [-0.05, 0) is 57.5 Å². The number of pyridine rings is 1. The molecular weight excluding hydrogens is 296 g/mol. The molecule has 0 amide bonds. The monoisotopic (exact) mass is 318 g/mol. The van der Waals surface area contributed by atoms with Crippen LogP contribution in [0, 0.1) is 0 Å². The lowest BCUT2D eigenvalue weighted by Gasteiger charge is -2.26. The summed E-state index contributed by atoms with van der Waals surface area (Å²) < 4.78 is 20.7. The largest absolute Gasteiger partial charge is 0.598 e. The van der Waals surface area contributed by atoms with E-state index in [2.05, 4.69) is 9.71 Å². The number of rotatable bonds is 5. The van der Waals surface area contributed by atoms with Crippen LogP contribution in [0.5, 0.6) is 11.5 Å². The van der Waals surface area contributed by atoms with Crippen molar-refractivity contribution < 1.29 is 9.29 Å². The molecule has 0 aliphatic heterocycles. The van der Waals surface area contributed by atoms with Gasteiger partial charge in [-0.3, -0.25) is 4.98 Å². The Balaban J connectivity index is 1.99. The Hall–Kier alpha value is -1.56. The lowest BCUT2D eigenvalue weighted by molar-refractivity contribution is 0.479. The molecule has 0 saturated carbocycles. The second-order valence-electron chi connectivity index (χ2n) is 6.08. The molecule has 2 rings (SSSR count). The Labute approximate surface area is 135 Å².